The monoisotopic (exact) mass is 337 g/mol. The number of amides is 1. The minimum Gasteiger partial charge on any atom is -0.335 e. The Bertz CT molecular complexity index is 739. The lowest BCUT2D eigenvalue weighted by Gasteiger charge is -2.32. The third-order valence-electron chi connectivity index (χ3n) is 4.34. The van der Waals surface area contributed by atoms with E-state index in [-0.39, 0.29) is 17.6 Å². The van der Waals surface area contributed by atoms with Crippen LogP contribution in [-0.2, 0) is 6.18 Å². The summed E-state index contributed by atoms with van der Waals surface area (Å²) in [5.41, 5.74) is -0.157. The van der Waals surface area contributed by atoms with Gasteiger partial charge in [0, 0.05) is 24.5 Å². The molecule has 3 rings (SSSR count). The summed E-state index contributed by atoms with van der Waals surface area (Å²) in [5, 5.41) is 0. The highest BCUT2D eigenvalue weighted by Gasteiger charge is 2.30. The van der Waals surface area contributed by atoms with E-state index in [0.29, 0.717) is 12.2 Å². The van der Waals surface area contributed by atoms with E-state index >= 15 is 0 Å². The van der Waals surface area contributed by atoms with Gasteiger partial charge in [-0.25, -0.2) is 4.98 Å². The van der Waals surface area contributed by atoms with E-state index in [2.05, 4.69) is 4.98 Å². The molecule has 2 heterocycles. The van der Waals surface area contributed by atoms with Gasteiger partial charge >= 0.3 is 6.18 Å². The fraction of sp³-hybridized carbons (Fsp3) is 0.412. The van der Waals surface area contributed by atoms with Crippen LogP contribution in [0.25, 0.3) is 5.69 Å². The van der Waals surface area contributed by atoms with Gasteiger partial charge in [-0.2, -0.15) is 13.2 Å². The minimum atomic E-state index is -4.40. The van der Waals surface area contributed by atoms with E-state index in [4.69, 9.17) is 0 Å². The van der Waals surface area contributed by atoms with Crippen LogP contribution in [0.3, 0.4) is 0 Å². The van der Waals surface area contributed by atoms with Crippen molar-refractivity contribution in [3.63, 3.8) is 0 Å². The van der Waals surface area contributed by atoms with Gasteiger partial charge in [0.25, 0.3) is 5.91 Å². The van der Waals surface area contributed by atoms with Crippen LogP contribution in [0, 0.1) is 0 Å². The zero-order valence-corrected chi connectivity index (χ0v) is 13.3. The smallest absolute Gasteiger partial charge is 0.335 e. The van der Waals surface area contributed by atoms with Crippen molar-refractivity contribution in [1.29, 1.82) is 0 Å². The molecular weight excluding hydrogens is 319 g/mol. The molecule has 24 heavy (non-hydrogen) atoms. The number of hydrogen-bond acceptors (Lipinski definition) is 2. The quantitative estimate of drug-likeness (QED) is 0.833. The fourth-order valence-electron chi connectivity index (χ4n) is 2.96. The van der Waals surface area contributed by atoms with Gasteiger partial charge in [-0.15, -0.1) is 0 Å². The first kappa shape index (κ1) is 16.5. The van der Waals surface area contributed by atoms with Gasteiger partial charge in [0.1, 0.15) is 12.0 Å². The molecule has 1 aromatic carbocycles. The molecule has 0 unspecified atom stereocenters. The van der Waals surface area contributed by atoms with Gasteiger partial charge in [-0.3, -0.25) is 4.79 Å². The summed E-state index contributed by atoms with van der Waals surface area (Å²) in [6, 6.07) is 5.10. The zero-order valence-electron chi connectivity index (χ0n) is 13.3. The van der Waals surface area contributed by atoms with E-state index in [1.807, 2.05) is 6.92 Å². The number of rotatable bonds is 2. The van der Waals surface area contributed by atoms with E-state index < -0.39 is 11.7 Å². The van der Waals surface area contributed by atoms with Gasteiger partial charge in [-0.05, 0) is 44.4 Å². The summed E-state index contributed by atoms with van der Waals surface area (Å²) in [4.78, 5) is 18.4. The van der Waals surface area contributed by atoms with Crippen molar-refractivity contribution >= 4 is 5.91 Å². The second kappa shape index (κ2) is 6.30. The molecule has 1 atom stereocenters. The highest BCUT2D eigenvalue weighted by Crippen LogP contribution is 2.30. The summed E-state index contributed by atoms with van der Waals surface area (Å²) < 4.78 is 39.9. The largest absolute Gasteiger partial charge is 0.416 e. The molecule has 0 spiro atoms. The summed E-state index contributed by atoms with van der Waals surface area (Å²) in [5.74, 6) is -0.173. The number of likely N-dealkylation sites (tertiary alicyclic amines) is 1. The van der Waals surface area contributed by atoms with E-state index in [1.165, 1.54) is 23.2 Å². The van der Waals surface area contributed by atoms with Crippen LogP contribution in [0.1, 0.15) is 42.2 Å². The molecule has 1 aliphatic heterocycles. The molecule has 0 bridgehead atoms. The Morgan fingerprint density at radius 3 is 2.79 bits per heavy atom. The Balaban J connectivity index is 1.84. The van der Waals surface area contributed by atoms with Crippen molar-refractivity contribution in [3.8, 4) is 5.69 Å². The van der Waals surface area contributed by atoms with Gasteiger partial charge in [0.2, 0.25) is 0 Å². The first-order chi connectivity index (χ1) is 11.4. The van der Waals surface area contributed by atoms with Crippen molar-refractivity contribution in [2.24, 2.45) is 0 Å². The maximum absolute atomic E-state index is 12.8. The molecule has 0 saturated carbocycles. The molecule has 0 aliphatic carbocycles. The lowest BCUT2D eigenvalue weighted by molar-refractivity contribution is -0.137. The topological polar surface area (TPSA) is 38.1 Å². The maximum Gasteiger partial charge on any atom is 0.416 e. The molecule has 1 aliphatic rings. The summed E-state index contributed by atoms with van der Waals surface area (Å²) in [7, 11) is 0. The molecule has 1 fully saturated rings. The maximum atomic E-state index is 12.8. The predicted molar refractivity (Wildman–Crippen MR) is 82.9 cm³/mol. The minimum absolute atomic E-state index is 0.157. The number of halogens is 3. The highest BCUT2D eigenvalue weighted by atomic mass is 19.4. The van der Waals surface area contributed by atoms with Crippen LogP contribution < -0.4 is 0 Å². The number of aromatic nitrogens is 2. The van der Waals surface area contributed by atoms with Gasteiger partial charge in [0.15, 0.2) is 0 Å². The number of piperidine rings is 1. The summed E-state index contributed by atoms with van der Waals surface area (Å²) in [6.07, 6.45) is 1.48. The molecule has 0 N–H and O–H groups in total. The first-order valence-electron chi connectivity index (χ1n) is 7.89. The van der Waals surface area contributed by atoms with E-state index in [1.54, 1.807) is 11.0 Å². The Morgan fingerprint density at radius 2 is 2.08 bits per heavy atom. The van der Waals surface area contributed by atoms with Crippen LogP contribution in [0.4, 0.5) is 13.2 Å². The van der Waals surface area contributed by atoms with Gasteiger partial charge in [0.05, 0.1) is 5.56 Å². The number of carbonyl (C=O) groups excluding carboxylic acids is 1. The Kier molecular flexibility index (Phi) is 4.34. The molecule has 2 aromatic rings. The Morgan fingerprint density at radius 1 is 1.29 bits per heavy atom. The van der Waals surface area contributed by atoms with Gasteiger partial charge in [-0.1, -0.05) is 6.07 Å². The number of hydrogen-bond donors (Lipinski definition) is 0. The van der Waals surface area contributed by atoms with Crippen molar-refractivity contribution < 1.29 is 18.0 Å². The van der Waals surface area contributed by atoms with Crippen LogP contribution in [0.15, 0.2) is 36.8 Å². The third-order valence-corrected chi connectivity index (χ3v) is 4.34. The predicted octanol–water partition coefficient (Wildman–Crippen LogP) is 3.91. The molecule has 1 aromatic heterocycles. The second-order valence-electron chi connectivity index (χ2n) is 6.06. The summed E-state index contributed by atoms with van der Waals surface area (Å²) >= 11 is 0. The Labute approximate surface area is 137 Å². The van der Waals surface area contributed by atoms with Crippen LogP contribution in [0.2, 0.25) is 0 Å². The molecule has 128 valence electrons. The van der Waals surface area contributed by atoms with Crippen LogP contribution >= 0.6 is 0 Å². The number of benzene rings is 1. The lowest BCUT2D eigenvalue weighted by atomic mass is 10.0. The fourth-order valence-corrected chi connectivity index (χ4v) is 2.96. The standard InChI is InChI=1S/C17H18F3N3O/c1-12-5-2-3-8-23(12)16(24)15-10-22(11-21-15)14-7-4-6-13(9-14)17(18,19)20/h4,6-7,9-12H,2-3,5,8H2,1H3/t12-/m0/s1. The average molecular weight is 337 g/mol. The number of carbonyl (C=O) groups is 1. The molecule has 1 amide bonds. The molecule has 1 saturated heterocycles. The van der Waals surface area contributed by atoms with E-state index in [0.717, 1.165) is 31.4 Å². The molecule has 0 radical (unpaired) electrons. The SMILES string of the molecule is C[C@H]1CCCCN1C(=O)c1cn(-c2cccc(C(F)(F)F)c2)cn1. The van der Waals surface area contributed by atoms with Crippen molar-refractivity contribution in [3.05, 3.63) is 48.0 Å². The van der Waals surface area contributed by atoms with Crippen molar-refractivity contribution in [1.82, 2.24) is 14.5 Å². The number of imidazole rings is 1. The van der Waals surface area contributed by atoms with Crippen molar-refractivity contribution in [2.45, 2.75) is 38.4 Å². The molecular formula is C17H18F3N3O. The normalized spacial score (nSPS) is 18.7. The molecule has 4 nitrogen and oxygen atoms in total. The average Bonchev–Trinajstić information content (AvgIpc) is 3.04. The number of alkyl halides is 3. The van der Waals surface area contributed by atoms with Gasteiger partial charge < -0.3 is 9.47 Å². The number of nitrogens with zero attached hydrogens (tertiary/aromatic N) is 3. The van der Waals surface area contributed by atoms with Crippen LogP contribution in [0.5, 0.6) is 0 Å². The highest BCUT2D eigenvalue weighted by molar-refractivity contribution is 5.92. The second-order valence-corrected chi connectivity index (χ2v) is 6.06. The zero-order chi connectivity index (χ0) is 17.3. The third kappa shape index (κ3) is 3.29. The molecule has 7 heteroatoms. The lowest BCUT2D eigenvalue weighted by Crippen LogP contribution is -2.42. The summed E-state index contributed by atoms with van der Waals surface area (Å²) in [6.45, 7) is 2.69. The Hall–Kier alpha value is -2.31. The van der Waals surface area contributed by atoms with E-state index in [9.17, 15) is 18.0 Å². The van der Waals surface area contributed by atoms with Crippen molar-refractivity contribution in [2.75, 3.05) is 6.54 Å². The first-order valence-corrected chi connectivity index (χ1v) is 7.89. The van der Waals surface area contributed by atoms with Crippen LogP contribution in [-0.4, -0.2) is 32.9 Å².